The first-order valence-electron chi connectivity index (χ1n) is 5.23. The predicted molar refractivity (Wildman–Crippen MR) is 60.4 cm³/mol. The molecule has 0 radical (unpaired) electrons. The smallest absolute Gasteiger partial charge is 0.335 e. The van der Waals surface area contributed by atoms with E-state index in [-0.39, 0.29) is 5.56 Å². The van der Waals surface area contributed by atoms with Crippen LogP contribution in [0.1, 0.15) is 30.1 Å². The second kappa shape index (κ2) is 6.00. The average Bonchev–Trinajstić information content (AvgIpc) is 2.29. The van der Waals surface area contributed by atoms with Gasteiger partial charge in [-0.2, -0.15) is 0 Å². The number of rotatable bonds is 6. The molecule has 0 saturated heterocycles. The molecule has 16 heavy (non-hydrogen) atoms. The lowest BCUT2D eigenvalue weighted by molar-refractivity contribution is 0.0696. The first-order valence-corrected chi connectivity index (χ1v) is 5.23. The summed E-state index contributed by atoms with van der Waals surface area (Å²) < 4.78 is 10.6. The van der Waals surface area contributed by atoms with E-state index in [9.17, 15) is 4.79 Å². The minimum atomic E-state index is -0.974. The fourth-order valence-corrected chi connectivity index (χ4v) is 1.25. The Hall–Kier alpha value is -1.71. The largest absolute Gasteiger partial charge is 0.493 e. The van der Waals surface area contributed by atoms with Gasteiger partial charge in [-0.15, -0.1) is 0 Å². The van der Waals surface area contributed by atoms with Crippen LogP contribution in [0, 0.1) is 0 Å². The molecule has 1 rings (SSSR count). The van der Waals surface area contributed by atoms with Gasteiger partial charge in [-0.1, -0.05) is 13.3 Å². The van der Waals surface area contributed by atoms with Crippen molar-refractivity contribution in [1.82, 2.24) is 0 Å². The molecule has 0 saturated carbocycles. The van der Waals surface area contributed by atoms with E-state index in [1.54, 1.807) is 6.07 Å². The van der Waals surface area contributed by atoms with Crippen LogP contribution >= 0.6 is 0 Å². The monoisotopic (exact) mass is 224 g/mol. The van der Waals surface area contributed by atoms with Crippen LogP contribution in [0.25, 0.3) is 0 Å². The van der Waals surface area contributed by atoms with Gasteiger partial charge >= 0.3 is 5.97 Å². The normalized spacial score (nSPS) is 9.88. The molecule has 1 N–H and O–H groups in total. The topological polar surface area (TPSA) is 55.8 Å². The molecule has 0 aliphatic heterocycles. The number of hydrogen-bond acceptors (Lipinski definition) is 3. The molecular weight excluding hydrogens is 208 g/mol. The summed E-state index contributed by atoms with van der Waals surface area (Å²) in [5.74, 6) is 0.0651. The van der Waals surface area contributed by atoms with Gasteiger partial charge in [-0.25, -0.2) is 4.79 Å². The minimum absolute atomic E-state index is 0.194. The van der Waals surface area contributed by atoms with E-state index in [1.807, 2.05) is 0 Å². The van der Waals surface area contributed by atoms with Crippen LogP contribution in [0.4, 0.5) is 0 Å². The fraction of sp³-hybridized carbons (Fsp3) is 0.417. The zero-order valence-electron chi connectivity index (χ0n) is 9.53. The molecule has 0 atom stereocenters. The predicted octanol–water partition coefficient (Wildman–Crippen LogP) is 2.57. The number of unbranched alkanes of at least 4 members (excludes halogenated alkanes) is 1. The summed E-state index contributed by atoms with van der Waals surface area (Å²) in [5, 5.41) is 8.81. The van der Waals surface area contributed by atoms with Gasteiger partial charge in [-0.3, -0.25) is 0 Å². The SMILES string of the molecule is CCCCOc1ccc(C(=O)O)cc1OC. The number of carboxylic acids is 1. The molecule has 4 nitrogen and oxygen atoms in total. The molecule has 0 aliphatic carbocycles. The number of benzene rings is 1. The Labute approximate surface area is 94.8 Å². The summed E-state index contributed by atoms with van der Waals surface area (Å²) in [4.78, 5) is 10.7. The van der Waals surface area contributed by atoms with Gasteiger partial charge < -0.3 is 14.6 Å². The lowest BCUT2D eigenvalue weighted by Gasteiger charge is -2.10. The summed E-state index contributed by atoms with van der Waals surface area (Å²) in [6.07, 6.45) is 2.01. The molecule has 0 bridgehead atoms. The van der Waals surface area contributed by atoms with Gasteiger partial charge in [0.2, 0.25) is 0 Å². The van der Waals surface area contributed by atoms with E-state index >= 15 is 0 Å². The van der Waals surface area contributed by atoms with Crippen molar-refractivity contribution in [1.29, 1.82) is 0 Å². The highest BCUT2D eigenvalue weighted by atomic mass is 16.5. The lowest BCUT2D eigenvalue weighted by Crippen LogP contribution is -2.01. The van der Waals surface area contributed by atoms with Crippen LogP contribution in [0.5, 0.6) is 11.5 Å². The molecule has 0 spiro atoms. The average molecular weight is 224 g/mol. The summed E-state index contributed by atoms with van der Waals surface area (Å²) in [6, 6.07) is 4.59. The van der Waals surface area contributed by atoms with E-state index < -0.39 is 5.97 Å². The number of aromatic carboxylic acids is 1. The highest BCUT2D eigenvalue weighted by molar-refractivity contribution is 5.88. The Morgan fingerprint density at radius 3 is 2.69 bits per heavy atom. The van der Waals surface area contributed by atoms with E-state index in [0.717, 1.165) is 12.8 Å². The van der Waals surface area contributed by atoms with Crippen LogP contribution in [0.15, 0.2) is 18.2 Å². The third-order valence-corrected chi connectivity index (χ3v) is 2.17. The van der Waals surface area contributed by atoms with E-state index in [1.165, 1.54) is 19.2 Å². The zero-order chi connectivity index (χ0) is 12.0. The Kier molecular flexibility index (Phi) is 4.64. The van der Waals surface area contributed by atoms with Crippen LogP contribution in [-0.2, 0) is 0 Å². The number of methoxy groups -OCH3 is 1. The summed E-state index contributed by atoms with van der Waals surface area (Å²) in [7, 11) is 1.49. The van der Waals surface area contributed by atoms with Crippen molar-refractivity contribution in [2.45, 2.75) is 19.8 Å². The van der Waals surface area contributed by atoms with Gasteiger partial charge in [0.15, 0.2) is 11.5 Å². The lowest BCUT2D eigenvalue weighted by atomic mass is 10.2. The molecule has 0 fully saturated rings. The third-order valence-electron chi connectivity index (χ3n) is 2.17. The number of carboxylic acid groups (broad SMARTS) is 1. The molecule has 0 heterocycles. The number of carbonyl (C=O) groups is 1. The molecular formula is C12H16O4. The van der Waals surface area contributed by atoms with Gasteiger partial charge in [0, 0.05) is 0 Å². The van der Waals surface area contributed by atoms with Crippen LogP contribution in [0.3, 0.4) is 0 Å². The van der Waals surface area contributed by atoms with Crippen molar-refractivity contribution >= 4 is 5.97 Å². The second-order valence-corrected chi connectivity index (χ2v) is 3.37. The van der Waals surface area contributed by atoms with Crippen molar-refractivity contribution in [3.8, 4) is 11.5 Å². The zero-order valence-corrected chi connectivity index (χ0v) is 9.53. The van der Waals surface area contributed by atoms with Gasteiger partial charge in [-0.05, 0) is 24.6 Å². The molecule has 88 valence electrons. The van der Waals surface area contributed by atoms with Gasteiger partial charge in [0.05, 0.1) is 19.3 Å². The molecule has 0 unspecified atom stereocenters. The van der Waals surface area contributed by atoms with Crippen molar-refractivity contribution in [3.05, 3.63) is 23.8 Å². The van der Waals surface area contributed by atoms with Gasteiger partial charge in [0.1, 0.15) is 0 Å². The van der Waals surface area contributed by atoms with Gasteiger partial charge in [0.25, 0.3) is 0 Å². The van der Waals surface area contributed by atoms with Crippen LogP contribution < -0.4 is 9.47 Å². The van der Waals surface area contributed by atoms with Crippen LogP contribution in [-0.4, -0.2) is 24.8 Å². The highest BCUT2D eigenvalue weighted by Gasteiger charge is 2.09. The molecule has 0 amide bonds. The summed E-state index contributed by atoms with van der Waals surface area (Å²) in [6.45, 7) is 2.69. The maximum Gasteiger partial charge on any atom is 0.335 e. The Balaban J connectivity index is 2.80. The standard InChI is InChI=1S/C12H16O4/c1-3-4-7-16-10-6-5-9(12(13)14)8-11(10)15-2/h5-6,8H,3-4,7H2,1-2H3,(H,13,14). The maximum atomic E-state index is 10.7. The number of ether oxygens (including phenoxy) is 2. The third kappa shape index (κ3) is 3.15. The molecule has 1 aromatic rings. The second-order valence-electron chi connectivity index (χ2n) is 3.37. The van der Waals surface area contributed by atoms with Crippen molar-refractivity contribution in [2.75, 3.05) is 13.7 Å². The summed E-state index contributed by atoms with van der Waals surface area (Å²) >= 11 is 0. The fourth-order valence-electron chi connectivity index (χ4n) is 1.25. The highest BCUT2D eigenvalue weighted by Crippen LogP contribution is 2.28. The van der Waals surface area contributed by atoms with E-state index in [0.29, 0.717) is 18.1 Å². The maximum absolute atomic E-state index is 10.7. The van der Waals surface area contributed by atoms with Crippen molar-refractivity contribution in [2.24, 2.45) is 0 Å². The first-order chi connectivity index (χ1) is 7.69. The van der Waals surface area contributed by atoms with E-state index in [4.69, 9.17) is 14.6 Å². The molecule has 1 aromatic carbocycles. The van der Waals surface area contributed by atoms with Crippen molar-refractivity contribution < 1.29 is 19.4 Å². The Bertz CT molecular complexity index is 360. The molecule has 0 aliphatic rings. The minimum Gasteiger partial charge on any atom is -0.493 e. The summed E-state index contributed by atoms with van der Waals surface area (Å²) in [5.41, 5.74) is 0.194. The Morgan fingerprint density at radius 2 is 2.12 bits per heavy atom. The first kappa shape index (κ1) is 12.4. The van der Waals surface area contributed by atoms with E-state index in [2.05, 4.69) is 6.92 Å². The Morgan fingerprint density at radius 1 is 1.38 bits per heavy atom. The molecule has 4 heteroatoms. The molecule has 0 aromatic heterocycles. The van der Waals surface area contributed by atoms with Crippen LogP contribution in [0.2, 0.25) is 0 Å². The number of hydrogen-bond donors (Lipinski definition) is 1. The van der Waals surface area contributed by atoms with Crippen molar-refractivity contribution in [3.63, 3.8) is 0 Å². The quantitative estimate of drug-likeness (QED) is 0.754.